The van der Waals surface area contributed by atoms with Gasteiger partial charge >= 0.3 is 6.09 Å². The van der Waals surface area contributed by atoms with Gasteiger partial charge in [0.15, 0.2) is 0 Å². The van der Waals surface area contributed by atoms with E-state index >= 15 is 0 Å². The molecule has 272 valence electrons. The van der Waals surface area contributed by atoms with E-state index in [1.165, 1.54) is 7.11 Å². The van der Waals surface area contributed by atoms with E-state index in [9.17, 15) is 9.59 Å². The van der Waals surface area contributed by atoms with E-state index in [1.54, 1.807) is 7.11 Å². The molecule has 0 spiro atoms. The fraction of sp³-hybridized carbons (Fsp3) is 0.450. The van der Waals surface area contributed by atoms with Crippen molar-refractivity contribution in [3.05, 3.63) is 65.9 Å². The lowest BCUT2D eigenvalue weighted by molar-refractivity contribution is -0.137. The first-order chi connectivity index (χ1) is 25.3. The fourth-order valence-electron chi connectivity index (χ4n) is 8.32. The van der Waals surface area contributed by atoms with Crippen LogP contribution in [0.3, 0.4) is 0 Å². The van der Waals surface area contributed by atoms with Gasteiger partial charge in [-0.3, -0.25) is 4.79 Å². The molecule has 2 fully saturated rings. The Labute approximate surface area is 303 Å². The number of H-pyrrole nitrogens is 2. The van der Waals surface area contributed by atoms with E-state index < -0.39 is 12.1 Å². The monoisotopic (exact) mass is 705 g/mol. The highest BCUT2D eigenvalue weighted by atomic mass is 16.5. The maximum absolute atomic E-state index is 14.0. The van der Waals surface area contributed by atoms with Gasteiger partial charge in [0, 0.05) is 30.6 Å². The van der Waals surface area contributed by atoms with Crippen LogP contribution in [0.15, 0.2) is 48.7 Å². The number of hydrogen-bond acceptors (Lipinski definition) is 8. The van der Waals surface area contributed by atoms with Gasteiger partial charge < -0.3 is 39.7 Å². The van der Waals surface area contributed by atoms with Gasteiger partial charge in [-0.05, 0) is 84.4 Å². The Kier molecular flexibility index (Phi) is 9.12. The highest BCUT2D eigenvalue weighted by molar-refractivity contribution is 6.07. The van der Waals surface area contributed by atoms with Gasteiger partial charge in [0.05, 0.1) is 48.7 Å². The number of rotatable bonds is 9. The Morgan fingerprint density at radius 1 is 1.08 bits per heavy atom. The number of aromatic nitrogens is 4. The molecule has 8 rings (SSSR count). The third-order valence-corrected chi connectivity index (χ3v) is 11.4. The highest BCUT2D eigenvalue weighted by Crippen LogP contribution is 2.43. The molecule has 0 aliphatic carbocycles. The van der Waals surface area contributed by atoms with Crippen LogP contribution in [0.1, 0.15) is 75.8 Å². The van der Waals surface area contributed by atoms with Crippen molar-refractivity contribution in [1.29, 1.82) is 0 Å². The van der Waals surface area contributed by atoms with E-state index in [0.717, 1.165) is 106 Å². The molecule has 4 N–H and O–H groups in total. The Balaban J connectivity index is 1.04. The SMILES string of the molecule is CC[C@H](C)[C@H](NC(=O)OC)C(=O)N1[C@@H](C)CC[C@H]1c1ncc(-c2ccc3c(c2)COc2cc4c(ccc5[nH]c([C@@H]6C[C@H](COC)CN6)nc54)cc2-3)[nH]1. The van der Waals surface area contributed by atoms with Crippen molar-refractivity contribution in [1.82, 2.24) is 35.5 Å². The zero-order valence-corrected chi connectivity index (χ0v) is 30.4. The minimum atomic E-state index is -0.679. The van der Waals surface area contributed by atoms with Gasteiger partial charge in [-0.25, -0.2) is 14.8 Å². The quantitative estimate of drug-likeness (QED) is 0.131. The van der Waals surface area contributed by atoms with Crippen LogP contribution in [0, 0.1) is 11.8 Å². The lowest BCUT2D eigenvalue weighted by atomic mass is 9.92. The van der Waals surface area contributed by atoms with Crippen molar-refractivity contribution in [3.63, 3.8) is 0 Å². The molecule has 5 heterocycles. The molecule has 52 heavy (non-hydrogen) atoms. The summed E-state index contributed by atoms with van der Waals surface area (Å²) in [5.74, 6) is 2.88. The minimum absolute atomic E-state index is 0.0124. The number of imidazole rings is 2. The van der Waals surface area contributed by atoms with Gasteiger partial charge in [0.1, 0.15) is 30.0 Å². The average molecular weight is 706 g/mol. The third-order valence-electron chi connectivity index (χ3n) is 11.4. The Hall–Kier alpha value is -4.94. The number of carbonyl (C=O) groups excluding carboxylic acids is 2. The number of amides is 2. The van der Waals surface area contributed by atoms with E-state index in [0.29, 0.717) is 12.5 Å². The number of nitrogens with zero attached hydrogens (tertiary/aromatic N) is 3. The number of aromatic amines is 2. The Bertz CT molecular complexity index is 2140. The number of ether oxygens (including phenoxy) is 3. The number of nitrogens with one attached hydrogen (secondary N) is 4. The minimum Gasteiger partial charge on any atom is -0.488 e. The molecule has 12 nitrogen and oxygen atoms in total. The van der Waals surface area contributed by atoms with Crippen LogP contribution in [0.5, 0.6) is 5.75 Å². The van der Waals surface area contributed by atoms with Crippen LogP contribution in [-0.2, 0) is 20.9 Å². The zero-order valence-electron chi connectivity index (χ0n) is 30.4. The normalized spacial score (nSPS) is 22.2. The summed E-state index contributed by atoms with van der Waals surface area (Å²) in [5.41, 5.74) is 7.15. The number of carbonyl (C=O) groups is 2. The van der Waals surface area contributed by atoms with Gasteiger partial charge in [0.25, 0.3) is 0 Å². The number of likely N-dealkylation sites (tertiary alicyclic amines) is 1. The van der Waals surface area contributed by atoms with Crippen molar-refractivity contribution < 1.29 is 23.8 Å². The number of alkyl carbamates (subject to hydrolysis) is 1. The number of fused-ring (bicyclic) bond motifs is 6. The van der Waals surface area contributed by atoms with Crippen LogP contribution in [-0.4, -0.2) is 76.3 Å². The van der Waals surface area contributed by atoms with Gasteiger partial charge in [0.2, 0.25) is 5.91 Å². The third kappa shape index (κ3) is 6.07. The van der Waals surface area contributed by atoms with E-state index in [-0.39, 0.29) is 30.0 Å². The second-order valence-corrected chi connectivity index (χ2v) is 14.7. The molecule has 5 aromatic rings. The van der Waals surface area contributed by atoms with Crippen molar-refractivity contribution in [2.24, 2.45) is 11.8 Å². The molecule has 3 aliphatic heterocycles. The first-order valence-corrected chi connectivity index (χ1v) is 18.4. The molecule has 3 aromatic carbocycles. The molecule has 0 radical (unpaired) electrons. The second kappa shape index (κ2) is 13.9. The number of benzene rings is 3. The smallest absolute Gasteiger partial charge is 0.407 e. The second-order valence-electron chi connectivity index (χ2n) is 14.7. The van der Waals surface area contributed by atoms with E-state index in [2.05, 4.69) is 70.0 Å². The predicted molar refractivity (Wildman–Crippen MR) is 199 cm³/mol. The Morgan fingerprint density at radius 3 is 2.75 bits per heavy atom. The summed E-state index contributed by atoms with van der Waals surface area (Å²) in [6.45, 7) is 8.17. The summed E-state index contributed by atoms with van der Waals surface area (Å²) in [6.07, 6.45) is 4.61. The van der Waals surface area contributed by atoms with Crippen molar-refractivity contribution >= 4 is 33.8 Å². The van der Waals surface area contributed by atoms with Crippen molar-refractivity contribution in [3.8, 4) is 28.1 Å². The van der Waals surface area contributed by atoms with Gasteiger partial charge in [-0.2, -0.15) is 0 Å². The highest BCUT2D eigenvalue weighted by Gasteiger charge is 2.41. The molecule has 2 saturated heterocycles. The number of methoxy groups -OCH3 is 2. The largest absolute Gasteiger partial charge is 0.488 e. The molecule has 2 aromatic heterocycles. The molecular weight excluding hydrogens is 658 g/mol. The summed E-state index contributed by atoms with van der Waals surface area (Å²) in [5, 5.41) is 8.56. The van der Waals surface area contributed by atoms with Crippen LogP contribution < -0.4 is 15.4 Å². The fourth-order valence-corrected chi connectivity index (χ4v) is 8.32. The topological polar surface area (TPSA) is 146 Å². The molecule has 0 bridgehead atoms. The number of hydrogen-bond donors (Lipinski definition) is 4. The molecular formula is C40H47N7O5. The van der Waals surface area contributed by atoms with Crippen molar-refractivity contribution in [2.75, 3.05) is 27.4 Å². The van der Waals surface area contributed by atoms with Crippen LogP contribution in [0.2, 0.25) is 0 Å². The zero-order chi connectivity index (χ0) is 36.1. The van der Waals surface area contributed by atoms with Crippen molar-refractivity contribution in [2.45, 2.75) is 77.2 Å². The van der Waals surface area contributed by atoms with E-state index in [4.69, 9.17) is 24.2 Å². The molecule has 6 atom stereocenters. The standard InChI is InChI=1S/C40H47N7O5/c1-6-21(2)35(46-40(49)51-5)39(48)47-22(3)7-12-33(47)38-42-18-32(44-38)25-8-10-27-26(14-25)20-52-34-16-28-24(15-29(27)34)9-11-30-36(28)45-37(43-30)31-13-23(17-41-31)19-50-4/h8-11,14-16,18,21-23,31,33,35,41H,6-7,12-13,17,19-20H2,1-5H3,(H,42,44)(H,43,45)(H,46,49)/t21-,22-,23-,31-,33-,35-/m0/s1. The molecule has 0 saturated carbocycles. The van der Waals surface area contributed by atoms with Gasteiger partial charge in [-0.15, -0.1) is 0 Å². The predicted octanol–water partition coefficient (Wildman–Crippen LogP) is 6.79. The summed E-state index contributed by atoms with van der Waals surface area (Å²) in [6, 6.07) is 14.3. The lowest BCUT2D eigenvalue weighted by Gasteiger charge is -2.33. The lowest BCUT2D eigenvalue weighted by Crippen LogP contribution is -2.53. The van der Waals surface area contributed by atoms with Gasteiger partial charge in [-0.1, -0.05) is 38.5 Å². The van der Waals surface area contributed by atoms with E-state index in [1.807, 2.05) is 24.9 Å². The maximum atomic E-state index is 14.0. The summed E-state index contributed by atoms with van der Waals surface area (Å²) in [7, 11) is 3.07. The first kappa shape index (κ1) is 34.2. The van der Waals surface area contributed by atoms with Crippen LogP contribution >= 0.6 is 0 Å². The summed E-state index contributed by atoms with van der Waals surface area (Å²) >= 11 is 0. The average Bonchev–Trinajstić information content (AvgIpc) is 3.98. The summed E-state index contributed by atoms with van der Waals surface area (Å²) in [4.78, 5) is 44.9. The van der Waals surface area contributed by atoms with Crippen LogP contribution in [0.25, 0.3) is 44.2 Å². The summed E-state index contributed by atoms with van der Waals surface area (Å²) < 4.78 is 16.6. The molecule has 2 amide bonds. The molecule has 12 heteroatoms. The molecule has 0 unspecified atom stereocenters. The van der Waals surface area contributed by atoms with Crippen LogP contribution in [0.4, 0.5) is 4.79 Å². The maximum Gasteiger partial charge on any atom is 0.407 e. The molecule has 3 aliphatic rings. The first-order valence-electron chi connectivity index (χ1n) is 18.4. The Morgan fingerprint density at radius 2 is 1.94 bits per heavy atom.